The van der Waals surface area contributed by atoms with Crippen LogP contribution in [0, 0.1) is 18.3 Å². The topological polar surface area (TPSA) is 56.6 Å². The summed E-state index contributed by atoms with van der Waals surface area (Å²) in [6.45, 7) is 6.13. The van der Waals surface area contributed by atoms with Crippen molar-refractivity contribution in [2.24, 2.45) is 0 Å². The number of nitriles is 1. The predicted octanol–water partition coefficient (Wildman–Crippen LogP) is 2.59. The third kappa shape index (κ3) is 4.41. The van der Waals surface area contributed by atoms with E-state index in [2.05, 4.69) is 42.2 Å². The molecule has 1 heterocycles. The van der Waals surface area contributed by atoms with Crippen molar-refractivity contribution in [3.8, 4) is 11.8 Å². The van der Waals surface area contributed by atoms with Gasteiger partial charge < -0.3 is 9.64 Å². The van der Waals surface area contributed by atoms with Crippen LogP contribution >= 0.6 is 0 Å². The number of nitrogens with zero attached hydrogens (tertiary/aromatic N) is 3. The number of para-hydroxylation sites is 1. The average Bonchev–Trinajstić information content (AvgIpc) is 2.68. The van der Waals surface area contributed by atoms with Crippen LogP contribution in [0.15, 0.2) is 48.5 Å². The van der Waals surface area contributed by atoms with Gasteiger partial charge >= 0.3 is 0 Å². The van der Waals surface area contributed by atoms with Crippen LogP contribution in [0.2, 0.25) is 0 Å². The molecule has 26 heavy (non-hydrogen) atoms. The van der Waals surface area contributed by atoms with Gasteiger partial charge in [0.2, 0.25) is 0 Å². The molecule has 1 fully saturated rings. The van der Waals surface area contributed by atoms with Crippen LogP contribution < -0.4 is 4.74 Å². The highest BCUT2D eigenvalue weighted by atomic mass is 16.5. The maximum Gasteiger partial charge on any atom is 0.260 e. The number of benzene rings is 2. The molecule has 0 unspecified atom stereocenters. The largest absolute Gasteiger partial charge is 0.482 e. The SMILES string of the molecule is Cc1ccccc1CN1CCN(C(=O)COc2ccccc2C#N)CC1. The zero-order valence-electron chi connectivity index (χ0n) is 15.0. The Morgan fingerprint density at radius 2 is 1.77 bits per heavy atom. The van der Waals surface area contributed by atoms with Crippen molar-refractivity contribution in [1.82, 2.24) is 9.80 Å². The number of carbonyl (C=O) groups excluding carboxylic acids is 1. The molecule has 5 heteroatoms. The Labute approximate surface area is 154 Å². The van der Waals surface area contributed by atoms with Gasteiger partial charge in [-0.05, 0) is 30.2 Å². The summed E-state index contributed by atoms with van der Waals surface area (Å²) in [6, 6.07) is 17.5. The first-order valence-electron chi connectivity index (χ1n) is 8.84. The highest BCUT2D eigenvalue weighted by Gasteiger charge is 2.22. The first kappa shape index (κ1) is 18.0. The van der Waals surface area contributed by atoms with Crippen LogP contribution in [0.5, 0.6) is 5.75 Å². The molecule has 2 aromatic rings. The fourth-order valence-electron chi connectivity index (χ4n) is 3.10. The van der Waals surface area contributed by atoms with Crippen LogP contribution in [0.25, 0.3) is 0 Å². The van der Waals surface area contributed by atoms with Crippen LogP contribution in [0.3, 0.4) is 0 Å². The maximum absolute atomic E-state index is 12.4. The normalized spacial score (nSPS) is 14.7. The Balaban J connectivity index is 1.48. The van der Waals surface area contributed by atoms with Crippen molar-refractivity contribution in [2.45, 2.75) is 13.5 Å². The molecule has 1 saturated heterocycles. The molecule has 0 saturated carbocycles. The number of amides is 1. The Hall–Kier alpha value is -2.84. The third-order valence-corrected chi connectivity index (χ3v) is 4.74. The van der Waals surface area contributed by atoms with Crippen molar-refractivity contribution in [2.75, 3.05) is 32.8 Å². The van der Waals surface area contributed by atoms with Gasteiger partial charge in [-0.1, -0.05) is 36.4 Å². The summed E-state index contributed by atoms with van der Waals surface area (Å²) in [7, 11) is 0. The summed E-state index contributed by atoms with van der Waals surface area (Å²) in [5, 5.41) is 9.07. The van der Waals surface area contributed by atoms with Crippen molar-refractivity contribution in [3.05, 3.63) is 65.2 Å². The Morgan fingerprint density at radius 3 is 2.50 bits per heavy atom. The molecule has 0 radical (unpaired) electrons. The molecular formula is C21H23N3O2. The molecule has 134 valence electrons. The number of hydrogen-bond acceptors (Lipinski definition) is 4. The van der Waals surface area contributed by atoms with Crippen LogP contribution in [0.1, 0.15) is 16.7 Å². The van der Waals surface area contributed by atoms with E-state index in [-0.39, 0.29) is 12.5 Å². The van der Waals surface area contributed by atoms with E-state index in [4.69, 9.17) is 10.00 Å². The third-order valence-electron chi connectivity index (χ3n) is 4.74. The summed E-state index contributed by atoms with van der Waals surface area (Å²) >= 11 is 0. The first-order chi connectivity index (χ1) is 12.7. The van der Waals surface area contributed by atoms with Gasteiger partial charge in [0.1, 0.15) is 11.8 Å². The van der Waals surface area contributed by atoms with E-state index < -0.39 is 0 Å². The monoisotopic (exact) mass is 349 g/mol. The second-order valence-electron chi connectivity index (χ2n) is 6.48. The molecule has 2 aromatic carbocycles. The molecule has 0 N–H and O–H groups in total. The van der Waals surface area contributed by atoms with Gasteiger partial charge in [0.25, 0.3) is 5.91 Å². The number of aryl methyl sites for hydroxylation is 1. The van der Waals surface area contributed by atoms with Gasteiger partial charge in [-0.2, -0.15) is 5.26 Å². The maximum atomic E-state index is 12.4. The number of hydrogen-bond donors (Lipinski definition) is 0. The zero-order valence-corrected chi connectivity index (χ0v) is 15.0. The Morgan fingerprint density at radius 1 is 1.08 bits per heavy atom. The molecule has 0 bridgehead atoms. The molecule has 0 aromatic heterocycles. The highest BCUT2D eigenvalue weighted by Crippen LogP contribution is 2.17. The number of ether oxygens (including phenoxy) is 1. The van der Waals surface area contributed by atoms with Crippen molar-refractivity contribution in [3.63, 3.8) is 0 Å². The summed E-state index contributed by atoms with van der Waals surface area (Å²) in [4.78, 5) is 16.6. The minimum atomic E-state index is -0.0340. The lowest BCUT2D eigenvalue weighted by molar-refractivity contribution is -0.135. The summed E-state index contributed by atoms with van der Waals surface area (Å²) in [6.07, 6.45) is 0. The minimum Gasteiger partial charge on any atom is -0.482 e. The van der Waals surface area contributed by atoms with E-state index in [0.29, 0.717) is 24.4 Å². The smallest absolute Gasteiger partial charge is 0.260 e. The summed E-state index contributed by atoms with van der Waals surface area (Å²) in [5.74, 6) is 0.426. The van der Waals surface area contributed by atoms with Gasteiger partial charge in [0.15, 0.2) is 6.61 Å². The van der Waals surface area contributed by atoms with Crippen molar-refractivity contribution < 1.29 is 9.53 Å². The van der Waals surface area contributed by atoms with E-state index in [0.717, 1.165) is 19.6 Å². The second kappa shape index (κ2) is 8.50. The van der Waals surface area contributed by atoms with Gasteiger partial charge in [-0.3, -0.25) is 9.69 Å². The molecule has 0 aliphatic carbocycles. The summed E-state index contributed by atoms with van der Waals surface area (Å²) in [5.41, 5.74) is 3.09. The molecule has 0 atom stereocenters. The highest BCUT2D eigenvalue weighted by molar-refractivity contribution is 5.78. The number of carbonyl (C=O) groups is 1. The molecule has 5 nitrogen and oxygen atoms in total. The standard InChI is InChI=1S/C21H23N3O2/c1-17-6-2-3-8-19(17)15-23-10-12-24(13-11-23)21(25)16-26-20-9-5-4-7-18(20)14-22/h2-9H,10-13,15-16H2,1H3. The van der Waals surface area contributed by atoms with Crippen molar-refractivity contribution >= 4 is 5.91 Å². The lowest BCUT2D eigenvalue weighted by Gasteiger charge is -2.35. The number of piperazine rings is 1. The van der Waals surface area contributed by atoms with Gasteiger partial charge in [-0.25, -0.2) is 0 Å². The molecule has 1 aliphatic heterocycles. The quantitative estimate of drug-likeness (QED) is 0.833. The fourth-order valence-corrected chi connectivity index (χ4v) is 3.10. The molecule has 3 rings (SSSR count). The van der Waals surface area contributed by atoms with Gasteiger partial charge in [0.05, 0.1) is 5.56 Å². The van der Waals surface area contributed by atoms with E-state index in [1.165, 1.54) is 11.1 Å². The van der Waals surface area contributed by atoms with E-state index in [9.17, 15) is 4.79 Å². The zero-order chi connectivity index (χ0) is 18.4. The fraction of sp³-hybridized carbons (Fsp3) is 0.333. The Bertz CT molecular complexity index is 805. The van der Waals surface area contributed by atoms with Crippen LogP contribution in [-0.2, 0) is 11.3 Å². The van der Waals surface area contributed by atoms with Crippen molar-refractivity contribution in [1.29, 1.82) is 5.26 Å². The predicted molar refractivity (Wildman–Crippen MR) is 99.7 cm³/mol. The molecule has 1 aliphatic rings. The van der Waals surface area contributed by atoms with E-state index >= 15 is 0 Å². The number of rotatable bonds is 5. The minimum absolute atomic E-state index is 0.0313. The molecular weight excluding hydrogens is 326 g/mol. The lowest BCUT2D eigenvalue weighted by atomic mass is 10.1. The first-order valence-corrected chi connectivity index (χ1v) is 8.84. The lowest BCUT2D eigenvalue weighted by Crippen LogP contribution is -2.49. The second-order valence-corrected chi connectivity index (χ2v) is 6.48. The van der Waals surface area contributed by atoms with Gasteiger partial charge in [-0.15, -0.1) is 0 Å². The van der Waals surface area contributed by atoms with Gasteiger partial charge in [0, 0.05) is 32.7 Å². The van der Waals surface area contributed by atoms with Crippen LogP contribution in [-0.4, -0.2) is 48.5 Å². The van der Waals surface area contributed by atoms with E-state index in [1.54, 1.807) is 24.3 Å². The Kier molecular flexibility index (Phi) is 5.88. The molecule has 0 spiro atoms. The molecule has 1 amide bonds. The van der Waals surface area contributed by atoms with Crippen LogP contribution in [0.4, 0.5) is 0 Å². The van der Waals surface area contributed by atoms with E-state index in [1.807, 2.05) is 4.90 Å². The summed E-state index contributed by atoms with van der Waals surface area (Å²) < 4.78 is 5.55. The average molecular weight is 349 g/mol.